The number of benzene rings is 1. The van der Waals surface area contributed by atoms with Crippen LogP contribution in [0.25, 0.3) is 10.4 Å². The Bertz CT molecular complexity index is 501. The molecule has 0 bridgehead atoms. The van der Waals surface area contributed by atoms with Crippen LogP contribution in [-0.4, -0.2) is 30.7 Å². The first-order valence-electron chi connectivity index (χ1n) is 7.01. The van der Waals surface area contributed by atoms with Gasteiger partial charge < -0.3 is 4.74 Å². The van der Waals surface area contributed by atoms with E-state index >= 15 is 0 Å². The molecule has 1 saturated heterocycles. The first-order chi connectivity index (χ1) is 10.3. The van der Waals surface area contributed by atoms with Crippen molar-refractivity contribution >= 4 is 6.09 Å². The summed E-state index contributed by atoms with van der Waals surface area (Å²) in [5.74, 6) is 0.282. The average Bonchev–Trinajstić information content (AvgIpc) is 2.52. The van der Waals surface area contributed by atoms with Gasteiger partial charge in [-0.1, -0.05) is 35.4 Å². The molecular weight excluding hydrogens is 270 g/mol. The van der Waals surface area contributed by atoms with E-state index in [0.717, 1.165) is 24.9 Å². The molecule has 7 nitrogen and oxygen atoms in total. The summed E-state index contributed by atoms with van der Waals surface area (Å²) in [6.07, 6.45) is 1.52. The summed E-state index contributed by atoms with van der Waals surface area (Å²) in [4.78, 5) is 14.5. The Hall–Kier alpha value is -2.24. The monoisotopic (exact) mass is 289 g/mol. The van der Waals surface area contributed by atoms with Gasteiger partial charge in [-0.15, -0.1) is 0 Å². The highest BCUT2D eigenvalue weighted by Gasteiger charge is 2.20. The predicted molar refractivity (Wildman–Crippen MR) is 78.1 cm³/mol. The van der Waals surface area contributed by atoms with E-state index < -0.39 is 6.09 Å². The number of rotatable bonds is 5. The van der Waals surface area contributed by atoms with E-state index in [4.69, 9.17) is 10.3 Å². The zero-order valence-electron chi connectivity index (χ0n) is 11.8. The second kappa shape index (κ2) is 8.14. The number of hydrazine groups is 1. The first kappa shape index (κ1) is 15.2. The van der Waals surface area contributed by atoms with Crippen LogP contribution in [0.4, 0.5) is 4.79 Å². The second-order valence-electron chi connectivity index (χ2n) is 5.04. The first-order valence-corrected chi connectivity index (χ1v) is 7.01. The molecule has 1 heterocycles. The molecule has 1 N–H and O–H groups in total. The Morgan fingerprint density at radius 1 is 1.48 bits per heavy atom. The van der Waals surface area contributed by atoms with Crippen LogP contribution in [0.3, 0.4) is 0 Å². The number of amides is 1. The summed E-state index contributed by atoms with van der Waals surface area (Å²) in [5, 5.41) is 5.42. The van der Waals surface area contributed by atoms with Gasteiger partial charge in [0.25, 0.3) is 0 Å². The average molecular weight is 289 g/mol. The van der Waals surface area contributed by atoms with Gasteiger partial charge in [0.15, 0.2) is 0 Å². The maximum Gasteiger partial charge on any atom is 0.422 e. The summed E-state index contributed by atoms with van der Waals surface area (Å²) in [5.41, 5.74) is 12.0. The largest absolute Gasteiger partial charge is 0.444 e. The molecule has 1 fully saturated rings. The number of azide groups is 1. The molecule has 2 rings (SSSR count). The van der Waals surface area contributed by atoms with Crippen LogP contribution >= 0.6 is 0 Å². The van der Waals surface area contributed by atoms with E-state index in [1.165, 1.54) is 0 Å². The lowest BCUT2D eigenvalue weighted by Crippen LogP contribution is -2.48. The van der Waals surface area contributed by atoms with Crippen molar-refractivity contribution in [3.8, 4) is 0 Å². The Morgan fingerprint density at radius 3 is 3.05 bits per heavy atom. The van der Waals surface area contributed by atoms with Crippen molar-refractivity contribution in [3.05, 3.63) is 46.3 Å². The lowest BCUT2D eigenvalue weighted by atomic mass is 10.00. The summed E-state index contributed by atoms with van der Waals surface area (Å²) >= 11 is 0. The SMILES string of the molecule is [N-]=[N+]=NCC1CCCN(NC(=O)OCc2ccccc2)C1. The number of nitrogens with one attached hydrogen (secondary N) is 1. The number of nitrogens with zero attached hydrogens (tertiary/aromatic N) is 4. The van der Waals surface area contributed by atoms with Crippen LogP contribution in [0.5, 0.6) is 0 Å². The molecule has 112 valence electrons. The second-order valence-corrected chi connectivity index (χ2v) is 5.04. The van der Waals surface area contributed by atoms with Crippen molar-refractivity contribution in [2.75, 3.05) is 19.6 Å². The molecule has 0 saturated carbocycles. The highest BCUT2D eigenvalue weighted by atomic mass is 16.6. The third kappa shape index (κ3) is 5.33. The van der Waals surface area contributed by atoms with Gasteiger partial charge in [0.2, 0.25) is 0 Å². The lowest BCUT2D eigenvalue weighted by molar-refractivity contribution is 0.0778. The van der Waals surface area contributed by atoms with Crippen LogP contribution in [0, 0.1) is 5.92 Å². The molecule has 7 heteroatoms. The summed E-state index contributed by atoms with van der Waals surface area (Å²) < 4.78 is 5.17. The van der Waals surface area contributed by atoms with Gasteiger partial charge in [-0.25, -0.2) is 9.80 Å². The fraction of sp³-hybridized carbons (Fsp3) is 0.500. The van der Waals surface area contributed by atoms with Crippen molar-refractivity contribution in [1.29, 1.82) is 0 Å². The van der Waals surface area contributed by atoms with E-state index in [0.29, 0.717) is 13.1 Å². The molecule has 1 aromatic carbocycles. The Balaban J connectivity index is 1.73. The smallest absolute Gasteiger partial charge is 0.422 e. The Morgan fingerprint density at radius 2 is 2.29 bits per heavy atom. The van der Waals surface area contributed by atoms with Crippen molar-refractivity contribution in [1.82, 2.24) is 10.4 Å². The van der Waals surface area contributed by atoms with Crippen molar-refractivity contribution in [2.24, 2.45) is 11.0 Å². The number of hydrogen-bond acceptors (Lipinski definition) is 4. The van der Waals surface area contributed by atoms with Gasteiger partial charge >= 0.3 is 6.09 Å². The van der Waals surface area contributed by atoms with Crippen LogP contribution in [0.15, 0.2) is 35.4 Å². The standard InChI is InChI=1S/C14H19N5O2/c15-18-16-9-13-7-4-8-19(10-13)17-14(20)21-11-12-5-2-1-3-6-12/h1-3,5-6,13H,4,7-11H2,(H,17,20). The molecule has 1 aromatic rings. The molecule has 0 spiro atoms. The zero-order chi connectivity index (χ0) is 14.9. The summed E-state index contributed by atoms with van der Waals surface area (Å²) in [6, 6.07) is 9.54. The zero-order valence-corrected chi connectivity index (χ0v) is 11.8. The maximum absolute atomic E-state index is 11.7. The minimum Gasteiger partial charge on any atom is -0.444 e. The molecule has 0 aromatic heterocycles. The van der Waals surface area contributed by atoms with Gasteiger partial charge in [-0.2, -0.15) is 0 Å². The molecular formula is C14H19N5O2. The molecule has 1 atom stereocenters. The van der Waals surface area contributed by atoms with Crippen LogP contribution in [0.1, 0.15) is 18.4 Å². The van der Waals surface area contributed by atoms with E-state index in [1.807, 2.05) is 35.3 Å². The van der Waals surface area contributed by atoms with Crippen LogP contribution in [0.2, 0.25) is 0 Å². The van der Waals surface area contributed by atoms with Gasteiger partial charge in [0.05, 0.1) is 0 Å². The van der Waals surface area contributed by atoms with Crippen LogP contribution in [-0.2, 0) is 11.3 Å². The summed E-state index contributed by atoms with van der Waals surface area (Å²) in [6.45, 7) is 2.18. The quantitative estimate of drug-likeness (QED) is 0.513. The van der Waals surface area contributed by atoms with E-state index in [9.17, 15) is 4.79 Å². The Labute approximate surface area is 123 Å². The van der Waals surface area contributed by atoms with Crippen LogP contribution < -0.4 is 5.43 Å². The molecule has 21 heavy (non-hydrogen) atoms. The number of piperidine rings is 1. The van der Waals surface area contributed by atoms with E-state index in [1.54, 1.807) is 0 Å². The minimum absolute atomic E-state index is 0.253. The normalized spacial score (nSPS) is 18.6. The molecule has 0 radical (unpaired) electrons. The topological polar surface area (TPSA) is 90.3 Å². The number of ether oxygens (including phenoxy) is 1. The van der Waals surface area contributed by atoms with E-state index in [2.05, 4.69) is 15.5 Å². The maximum atomic E-state index is 11.7. The van der Waals surface area contributed by atoms with E-state index in [-0.39, 0.29) is 12.5 Å². The van der Waals surface area contributed by atoms with Crippen molar-refractivity contribution < 1.29 is 9.53 Å². The Kier molecular flexibility index (Phi) is 5.87. The molecule has 0 aliphatic carbocycles. The minimum atomic E-state index is -0.455. The fourth-order valence-electron chi connectivity index (χ4n) is 2.35. The molecule has 1 unspecified atom stereocenters. The summed E-state index contributed by atoms with van der Waals surface area (Å²) in [7, 11) is 0. The third-order valence-corrected chi connectivity index (χ3v) is 3.38. The highest BCUT2D eigenvalue weighted by Crippen LogP contribution is 2.15. The number of carbonyl (C=O) groups excluding carboxylic acids is 1. The number of hydrogen-bond donors (Lipinski definition) is 1. The molecule has 1 aliphatic heterocycles. The molecule has 1 amide bonds. The molecule has 1 aliphatic rings. The predicted octanol–water partition coefficient (Wildman–Crippen LogP) is 2.85. The van der Waals surface area contributed by atoms with Crippen molar-refractivity contribution in [3.63, 3.8) is 0 Å². The van der Waals surface area contributed by atoms with Gasteiger partial charge in [0, 0.05) is 24.5 Å². The van der Waals surface area contributed by atoms with Gasteiger partial charge in [-0.3, -0.25) is 5.43 Å². The van der Waals surface area contributed by atoms with Gasteiger partial charge in [0.1, 0.15) is 6.61 Å². The lowest BCUT2D eigenvalue weighted by Gasteiger charge is -2.31. The third-order valence-electron chi connectivity index (χ3n) is 3.38. The van der Waals surface area contributed by atoms with Gasteiger partial charge in [-0.05, 0) is 29.9 Å². The fourth-order valence-corrected chi connectivity index (χ4v) is 2.35. The highest BCUT2D eigenvalue weighted by molar-refractivity contribution is 5.66. The number of carbonyl (C=O) groups is 1. The van der Waals surface area contributed by atoms with Crippen molar-refractivity contribution in [2.45, 2.75) is 19.4 Å².